The standard InChI is InChI=1S/C26H32N4O2/c1-6-23-18(3)25(29(4)28-23)26(31)30-12-8-10-20(16-30)24-15-21(13-17(2)27-24)19-9-7-11-22(14-19)32-5/h7,9,11,13-15,20H,6,8,10,12,16H2,1-5H3/t20-/m0/s1. The molecule has 6 nitrogen and oxygen atoms in total. The highest BCUT2D eigenvalue weighted by atomic mass is 16.5. The van der Waals surface area contributed by atoms with Gasteiger partial charge in [0.05, 0.1) is 12.8 Å². The van der Waals surface area contributed by atoms with E-state index < -0.39 is 0 Å². The lowest BCUT2D eigenvalue weighted by molar-refractivity contribution is 0.0694. The van der Waals surface area contributed by atoms with Gasteiger partial charge in [0.2, 0.25) is 0 Å². The van der Waals surface area contributed by atoms with Crippen LogP contribution in [-0.4, -0.2) is 45.8 Å². The molecule has 0 spiro atoms. The third-order valence-corrected chi connectivity index (χ3v) is 6.42. The Kier molecular flexibility index (Phi) is 6.31. The van der Waals surface area contributed by atoms with Crippen LogP contribution in [0.4, 0.5) is 0 Å². The highest BCUT2D eigenvalue weighted by molar-refractivity contribution is 5.94. The van der Waals surface area contributed by atoms with Gasteiger partial charge in [-0.05, 0) is 68.5 Å². The Morgan fingerprint density at radius 3 is 2.72 bits per heavy atom. The van der Waals surface area contributed by atoms with Crippen molar-refractivity contribution in [1.29, 1.82) is 0 Å². The Bertz CT molecular complexity index is 1130. The van der Waals surface area contributed by atoms with Crippen molar-refractivity contribution in [2.24, 2.45) is 7.05 Å². The van der Waals surface area contributed by atoms with Crippen LogP contribution in [0, 0.1) is 13.8 Å². The number of ether oxygens (including phenoxy) is 1. The number of rotatable bonds is 5. The van der Waals surface area contributed by atoms with Crippen molar-refractivity contribution < 1.29 is 9.53 Å². The fraction of sp³-hybridized carbons (Fsp3) is 0.423. The van der Waals surface area contributed by atoms with Crippen LogP contribution in [0.25, 0.3) is 11.1 Å². The normalized spacial score (nSPS) is 16.3. The largest absolute Gasteiger partial charge is 0.497 e. The summed E-state index contributed by atoms with van der Waals surface area (Å²) in [5, 5.41) is 4.54. The minimum Gasteiger partial charge on any atom is -0.497 e. The molecule has 1 atom stereocenters. The number of benzene rings is 1. The zero-order valence-corrected chi connectivity index (χ0v) is 19.7. The van der Waals surface area contributed by atoms with Gasteiger partial charge in [-0.25, -0.2) is 0 Å². The Morgan fingerprint density at radius 1 is 1.19 bits per heavy atom. The van der Waals surface area contributed by atoms with Crippen LogP contribution >= 0.6 is 0 Å². The van der Waals surface area contributed by atoms with Gasteiger partial charge in [-0.15, -0.1) is 0 Å². The first-order valence-electron chi connectivity index (χ1n) is 11.4. The van der Waals surface area contributed by atoms with Gasteiger partial charge in [0, 0.05) is 43.0 Å². The molecule has 1 amide bonds. The second-order valence-corrected chi connectivity index (χ2v) is 8.64. The maximum Gasteiger partial charge on any atom is 0.272 e. The molecule has 1 aliphatic rings. The van der Waals surface area contributed by atoms with Crippen molar-refractivity contribution in [2.45, 2.75) is 46.0 Å². The average molecular weight is 433 g/mol. The fourth-order valence-corrected chi connectivity index (χ4v) is 4.75. The predicted molar refractivity (Wildman–Crippen MR) is 126 cm³/mol. The molecule has 0 unspecified atom stereocenters. The van der Waals surface area contributed by atoms with E-state index in [-0.39, 0.29) is 11.8 Å². The summed E-state index contributed by atoms with van der Waals surface area (Å²) in [4.78, 5) is 20.2. The van der Waals surface area contributed by atoms with Gasteiger partial charge in [-0.2, -0.15) is 5.10 Å². The van der Waals surface area contributed by atoms with Crippen LogP contribution in [-0.2, 0) is 13.5 Å². The smallest absolute Gasteiger partial charge is 0.272 e. The number of hydrogen-bond acceptors (Lipinski definition) is 4. The summed E-state index contributed by atoms with van der Waals surface area (Å²) in [6.07, 6.45) is 2.83. The molecular weight excluding hydrogens is 400 g/mol. The summed E-state index contributed by atoms with van der Waals surface area (Å²) in [6, 6.07) is 12.4. The lowest BCUT2D eigenvalue weighted by Crippen LogP contribution is -2.40. The van der Waals surface area contributed by atoms with E-state index in [4.69, 9.17) is 9.72 Å². The van der Waals surface area contributed by atoms with Gasteiger partial charge in [0.25, 0.3) is 5.91 Å². The third-order valence-electron chi connectivity index (χ3n) is 6.42. The van der Waals surface area contributed by atoms with E-state index in [1.807, 2.05) is 44.0 Å². The predicted octanol–water partition coefficient (Wildman–Crippen LogP) is 4.69. The van der Waals surface area contributed by atoms with Crippen molar-refractivity contribution in [3.63, 3.8) is 0 Å². The van der Waals surface area contributed by atoms with Crippen LogP contribution in [0.2, 0.25) is 0 Å². The molecule has 6 heteroatoms. The molecule has 3 aromatic rings. The molecule has 168 valence electrons. The van der Waals surface area contributed by atoms with E-state index in [2.05, 4.69) is 30.2 Å². The summed E-state index contributed by atoms with van der Waals surface area (Å²) in [6.45, 7) is 7.56. The number of likely N-dealkylation sites (tertiary alicyclic amines) is 1. The number of carbonyl (C=O) groups is 1. The SMILES string of the molecule is CCc1nn(C)c(C(=O)N2CCC[C@H](c3cc(-c4cccc(OC)c4)cc(C)n3)C2)c1C. The van der Waals surface area contributed by atoms with Crippen molar-refractivity contribution in [3.05, 3.63) is 64.7 Å². The van der Waals surface area contributed by atoms with Crippen LogP contribution in [0.5, 0.6) is 5.75 Å². The highest BCUT2D eigenvalue weighted by Gasteiger charge is 2.29. The van der Waals surface area contributed by atoms with Gasteiger partial charge < -0.3 is 9.64 Å². The molecule has 1 aliphatic heterocycles. The fourth-order valence-electron chi connectivity index (χ4n) is 4.75. The minimum atomic E-state index is 0.0718. The lowest BCUT2D eigenvalue weighted by Gasteiger charge is -2.33. The van der Waals surface area contributed by atoms with Crippen LogP contribution in [0.15, 0.2) is 36.4 Å². The van der Waals surface area contributed by atoms with E-state index in [1.54, 1.807) is 11.8 Å². The second-order valence-electron chi connectivity index (χ2n) is 8.64. The van der Waals surface area contributed by atoms with Gasteiger partial charge in [0.15, 0.2) is 0 Å². The quantitative estimate of drug-likeness (QED) is 0.587. The molecule has 0 aliphatic carbocycles. The molecule has 0 radical (unpaired) electrons. The van der Waals surface area contributed by atoms with Crippen molar-refractivity contribution >= 4 is 5.91 Å². The Balaban J connectivity index is 1.60. The number of amides is 1. The van der Waals surface area contributed by atoms with E-state index in [0.29, 0.717) is 12.2 Å². The van der Waals surface area contributed by atoms with Gasteiger partial charge >= 0.3 is 0 Å². The summed E-state index contributed by atoms with van der Waals surface area (Å²) in [7, 11) is 3.55. The first kappa shape index (κ1) is 22.1. The van der Waals surface area contributed by atoms with E-state index in [0.717, 1.165) is 65.3 Å². The number of hydrogen-bond donors (Lipinski definition) is 0. The van der Waals surface area contributed by atoms with Crippen LogP contribution in [0.1, 0.15) is 58.8 Å². The molecule has 2 aromatic heterocycles. The molecular formula is C26H32N4O2. The Hall–Kier alpha value is -3.15. The first-order valence-corrected chi connectivity index (χ1v) is 11.4. The van der Waals surface area contributed by atoms with E-state index in [9.17, 15) is 4.79 Å². The highest BCUT2D eigenvalue weighted by Crippen LogP contribution is 2.31. The van der Waals surface area contributed by atoms with Crippen molar-refractivity contribution in [1.82, 2.24) is 19.7 Å². The average Bonchev–Trinajstić information content (AvgIpc) is 3.11. The third kappa shape index (κ3) is 4.27. The number of carbonyl (C=O) groups excluding carboxylic acids is 1. The summed E-state index contributed by atoms with van der Waals surface area (Å²) >= 11 is 0. The maximum absolute atomic E-state index is 13.4. The lowest BCUT2D eigenvalue weighted by atomic mass is 9.92. The summed E-state index contributed by atoms with van der Waals surface area (Å²) in [5.41, 5.74) is 6.97. The van der Waals surface area contributed by atoms with Gasteiger partial charge in [-0.1, -0.05) is 19.1 Å². The summed E-state index contributed by atoms with van der Waals surface area (Å²) < 4.78 is 7.14. The first-order chi connectivity index (χ1) is 15.4. The maximum atomic E-state index is 13.4. The molecule has 0 N–H and O–H groups in total. The number of nitrogens with zero attached hydrogens (tertiary/aromatic N) is 4. The summed E-state index contributed by atoms with van der Waals surface area (Å²) in [5.74, 6) is 1.13. The van der Waals surface area contributed by atoms with Gasteiger partial charge in [-0.3, -0.25) is 14.5 Å². The molecule has 0 bridgehead atoms. The number of aromatic nitrogens is 3. The Labute approximate surface area is 190 Å². The molecule has 3 heterocycles. The number of aryl methyl sites for hydroxylation is 3. The monoisotopic (exact) mass is 432 g/mol. The second kappa shape index (κ2) is 9.15. The zero-order valence-electron chi connectivity index (χ0n) is 19.7. The zero-order chi connectivity index (χ0) is 22.8. The molecule has 1 saturated heterocycles. The molecule has 4 rings (SSSR count). The van der Waals surface area contributed by atoms with E-state index >= 15 is 0 Å². The number of pyridine rings is 1. The molecule has 1 aromatic carbocycles. The van der Waals surface area contributed by atoms with Gasteiger partial charge in [0.1, 0.15) is 11.4 Å². The molecule has 0 saturated carbocycles. The van der Waals surface area contributed by atoms with E-state index in [1.165, 1.54) is 0 Å². The number of piperidine rings is 1. The number of methoxy groups -OCH3 is 1. The molecule has 1 fully saturated rings. The topological polar surface area (TPSA) is 60.2 Å². The van der Waals surface area contributed by atoms with Crippen molar-refractivity contribution in [2.75, 3.05) is 20.2 Å². The van der Waals surface area contributed by atoms with Crippen LogP contribution < -0.4 is 4.74 Å². The minimum absolute atomic E-state index is 0.0718. The Morgan fingerprint density at radius 2 is 2.00 bits per heavy atom. The van der Waals surface area contributed by atoms with Crippen molar-refractivity contribution in [3.8, 4) is 16.9 Å². The van der Waals surface area contributed by atoms with Crippen LogP contribution in [0.3, 0.4) is 0 Å². The molecule has 32 heavy (non-hydrogen) atoms.